The number of aromatic hydroxyl groups is 2. The minimum absolute atomic E-state index is 0.00583. The summed E-state index contributed by atoms with van der Waals surface area (Å²) in [5.41, 5.74) is 1.32. The topological polar surface area (TPSA) is 81.1 Å². The molecule has 2 fully saturated rings. The van der Waals surface area contributed by atoms with Gasteiger partial charge in [0.2, 0.25) is 11.8 Å². The first-order valence-corrected chi connectivity index (χ1v) is 10.6. The van der Waals surface area contributed by atoms with Crippen LogP contribution in [0.4, 0.5) is 0 Å². The van der Waals surface area contributed by atoms with Gasteiger partial charge in [-0.15, -0.1) is 0 Å². The number of benzene rings is 1. The van der Waals surface area contributed by atoms with Gasteiger partial charge in [-0.3, -0.25) is 9.59 Å². The molecule has 2 atom stereocenters. The number of likely N-dealkylation sites (tertiary alicyclic amines) is 2. The minimum atomic E-state index is -0.221. The number of phenolic OH excluding ortho intramolecular Hbond substituents is 2. The second-order valence-corrected chi connectivity index (χ2v) is 7.91. The van der Waals surface area contributed by atoms with E-state index in [4.69, 9.17) is 0 Å². The molecule has 2 N–H and O–H groups in total. The molecule has 2 aliphatic rings. The van der Waals surface area contributed by atoms with Gasteiger partial charge in [-0.25, -0.2) is 0 Å². The maximum atomic E-state index is 12.5. The number of hydrogen-bond donors (Lipinski definition) is 2. The molecule has 2 aliphatic heterocycles. The van der Waals surface area contributed by atoms with E-state index in [-0.39, 0.29) is 35.4 Å². The van der Waals surface area contributed by atoms with Crippen LogP contribution in [-0.4, -0.2) is 44.9 Å². The Hall–Kier alpha value is -2.24. The van der Waals surface area contributed by atoms with E-state index < -0.39 is 0 Å². The minimum Gasteiger partial charge on any atom is -0.507 e. The highest BCUT2D eigenvalue weighted by molar-refractivity contribution is 5.78. The molecule has 2 heterocycles. The third-order valence-corrected chi connectivity index (χ3v) is 6.14. The first-order chi connectivity index (χ1) is 13.5. The molecule has 6 heteroatoms. The zero-order valence-electron chi connectivity index (χ0n) is 17.0. The third kappa shape index (κ3) is 3.96. The molecule has 1 aromatic rings. The lowest BCUT2D eigenvalue weighted by Crippen LogP contribution is -2.39. The molecule has 2 amide bonds. The van der Waals surface area contributed by atoms with Gasteiger partial charge in [0, 0.05) is 43.1 Å². The quantitative estimate of drug-likeness (QED) is 0.771. The number of carbonyl (C=O) groups is 2. The predicted octanol–water partition coefficient (Wildman–Crippen LogP) is 4.03. The summed E-state index contributed by atoms with van der Waals surface area (Å²) in [6.07, 6.45) is 6.21. The Bertz CT molecular complexity index is 676. The van der Waals surface area contributed by atoms with Crippen molar-refractivity contribution in [1.82, 2.24) is 9.80 Å². The summed E-state index contributed by atoms with van der Waals surface area (Å²) in [7, 11) is 0. The lowest BCUT2D eigenvalue weighted by Gasteiger charge is -2.37. The van der Waals surface area contributed by atoms with Crippen LogP contribution in [0.3, 0.4) is 0 Å². The Labute approximate surface area is 167 Å². The molecule has 2 saturated heterocycles. The highest BCUT2D eigenvalue weighted by Gasteiger charge is 2.32. The van der Waals surface area contributed by atoms with Gasteiger partial charge in [-0.05, 0) is 44.6 Å². The molecule has 0 aromatic heterocycles. The zero-order valence-corrected chi connectivity index (χ0v) is 17.0. The molecule has 28 heavy (non-hydrogen) atoms. The van der Waals surface area contributed by atoms with E-state index in [2.05, 4.69) is 0 Å². The summed E-state index contributed by atoms with van der Waals surface area (Å²) < 4.78 is 0. The summed E-state index contributed by atoms with van der Waals surface area (Å²) in [5, 5.41) is 21.1. The average Bonchev–Trinajstić information content (AvgIpc) is 2.68. The molecule has 0 spiro atoms. The molecular weight excluding hydrogens is 356 g/mol. The van der Waals surface area contributed by atoms with Gasteiger partial charge in [0.1, 0.15) is 11.5 Å². The van der Waals surface area contributed by atoms with Crippen LogP contribution in [0.2, 0.25) is 0 Å². The molecule has 0 aliphatic carbocycles. The largest absolute Gasteiger partial charge is 0.507 e. The van der Waals surface area contributed by atoms with E-state index in [9.17, 15) is 19.8 Å². The highest BCUT2D eigenvalue weighted by atomic mass is 16.3. The SMILES string of the molecule is CCC(c1cc(C(CC)N2CCCCC2=O)c(O)cc1O)N1CCCCC1=O. The van der Waals surface area contributed by atoms with Crippen molar-refractivity contribution in [3.63, 3.8) is 0 Å². The summed E-state index contributed by atoms with van der Waals surface area (Å²) in [6.45, 7) is 5.39. The first-order valence-electron chi connectivity index (χ1n) is 10.6. The maximum Gasteiger partial charge on any atom is 0.223 e. The third-order valence-electron chi connectivity index (χ3n) is 6.14. The predicted molar refractivity (Wildman–Crippen MR) is 107 cm³/mol. The lowest BCUT2D eigenvalue weighted by atomic mass is 9.92. The standard InChI is InChI=1S/C22H32N2O4/c1-3-17(23-11-7-5-9-21(23)27)15-13-16(20(26)14-19(15)25)18(4-2)24-12-8-6-10-22(24)28/h13-14,17-18,25-26H,3-12H2,1-2H3. The molecule has 0 radical (unpaired) electrons. The van der Waals surface area contributed by atoms with Crippen molar-refractivity contribution in [2.45, 2.75) is 77.3 Å². The van der Waals surface area contributed by atoms with Gasteiger partial charge in [-0.1, -0.05) is 13.8 Å². The highest BCUT2D eigenvalue weighted by Crippen LogP contribution is 2.41. The fourth-order valence-electron chi connectivity index (χ4n) is 4.67. The van der Waals surface area contributed by atoms with Crippen LogP contribution in [0.1, 0.15) is 88.4 Å². The fraction of sp³-hybridized carbons (Fsp3) is 0.636. The van der Waals surface area contributed by atoms with E-state index in [1.54, 1.807) is 0 Å². The van der Waals surface area contributed by atoms with Crippen molar-refractivity contribution in [2.24, 2.45) is 0 Å². The molecule has 3 rings (SSSR count). The van der Waals surface area contributed by atoms with Crippen LogP contribution in [0.15, 0.2) is 12.1 Å². The molecule has 2 unspecified atom stereocenters. The van der Waals surface area contributed by atoms with Gasteiger partial charge < -0.3 is 20.0 Å². The summed E-state index contributed by atoms with van der Waals surface area (Å²) in [4.78, 5) is 28.6. The smallest absolute Gasteiger partial charge is 0.223 e. The van der Waals surface area contributed by atoms with Crippen LogP contribution < -0.4 is 0 Å². The monoisotopic (exact) mass is 388 g/mol. The Morgan fingerprint density at radius 3 is 1.57 bits per heavy atom. The molecule has 0 saturated carbocycles. The van der Waals surface area contributed by atoms with Crippen molar-refractivity contribution in [2.75, 3.05) is 13.1 Å². The van der Waals surface area contributed by atoms with Gasteiger partial charge in [0.25, 0.3) is 0 Å². The molecule has 154 valence electrons. The number of nitrogens with zero attached hydrogens (tertiary/aromatic N) is 2. The Morgan fingerprint density at radius 2 is 1.21 bits per heavy atom. The van der Waals surface area contributed by atoms with Gasteiger partial charge in [0.05, 0.1) is 12.1 Å². The summed E-state index contributed by atoms with van der Waals surface area (Å²) in [6, 6.07) is 2.75. The van der Waals surface area contributed by atoms with Crippen molar-refractivity contribution in [3.05, 3.63) is 23.3 Å². The number of piperidine rings is 2. The van der Waals surface area contributed by atoms with Crippen molar-refractivity contribution >= 4 is 11.8 Å². The number of hydrogen-bond acceptors (Lipinski definition) is 4. The second-order valence-electron chi connectivity index (χ2n) is 7.91. The van der Waals surface area contributed by atoms with Crippen LogP contribution in [0.25, 0.3) is 0 Å². The van der Waals surface area contributed by atoms with Crippen molar-refractivity contribution in [3.8, 4) is 11.5 Å². The molecule has 6 nitrogen and oxygen atoms in total. The van der Waals surface area contributed by atoms with E-state index in [0.717, 1.165) is 25.7 Å². The average molecular weight is 389 g/mol. The fourth-order valence-corrected chi connectivity index (χ4v) is 4.67. The number of rotatable bonds is 6. The number of amides is 2. The van der Waals surface area contributed by atoms with Crippen molar-refractivity contribution < 1.29 is 19.8 Å². The van der Waals surface area contributed by atoms with E-state index in [1.807, 2.05) is 29.7 Å². The molecule has 1 aromatic carbocycles. The maximum absolute atomic E-state index is 12.5. The Morgan fingerprint density at radius 1 is 0.786 bits per heavy atom. The summed E-state index contributed by atoms with van der Waals surface area (Å²) in [5.74, 6) is 0.244. The molecular formula is C22H32N2O4. The number of carbonyl (C=O) groups excluding carboxylic acids is 2. The first kappa shape index (κ1) is 20.5. The van der Waals surface area contributed by atoms with E-state index >= 15 is 0 Å². The van der Waals surface area contributed by atoms with E-state index in [1.165, 1.54) is 6.07 Å². The van der Waals surface area contributed by atoms with E-state index in [0.29, 0.717) is 49.9 Å². The van der Waals surface area contributed by atoms with Crippen LogP contribution in [0, 0.1) is 0 Å². The Kier molecular flexibility index (Phi) is 6.47. The summed E-state index contributed by atoms with van der Waals surface area (Å²) >= 11 is 0. The van der Waals surface area contributed by atoms with Gasteiger partial charge in [0.15, 0.2) is 0 Å². The van der Waals surface area contributed by atoms with Crippen LogP contribution in [-0.2, 0) is 9.59 Å². The second kappa shape index (κ2) is 8.84. The van der Waals surface area contributed by atoms with Crippen molar-refractivity contribution in [1.29, 1.82) is 0 Å². The zero-order chi connectivity index (χ0) is 20.3. The normalized spacial score (nSPS) is 20.4. The van der Waals surface area contributed by atoms with Crippen LogP contribution >= 0.6 is 0 Å². The Balaban J connectivity index is 1.99. The lowest BCUT2D eigenvalue weighted by molar-refractivity contribution is -0.136. The van der Waals surface area contributed by atoms with Gasteiger partial charge in [-0.2, -0.15) is 0 Å². The number of phenols is 2. The van der Waals surface area contributed by atoms with Gasteiger partial charge >= 0.3 is 0 Å². The van der Waals surface area contributed by atoms with Crippen LogP contribution in [0.5, 0.6) is 11.5 Å². The molecule has 0 bridgehead atoms.